The van der Waals surface area contributed by atoms with Gasteiger partial charge in [0, 0.05) is 24.0 Å². The van der Waals surface area contributed by atoms with E-state index in [1.165, 1.54) is 23.0 Å². The van der Waals surface area contributed by atoms with Crippen LogP contribution in [0.15, 0.2) is 58.8 Å². The first-order valence-electron chi connectivity index (χ1n) is 10.9. The molecule has 176 valence electrons. The highest BCUT2D eigenvalue weighted by molar-refractivity contribution is 7.92. The van der Waals surface area contributed by atoms with Crippen molar-refractivity contribution in [1.29, 1.82) is 0 Å². The van der Waals surface area contributed by atoms with Crippen LogP contribution in [0.3, 0.4) is 0 Å². The summed E-state index contributed by atoms with van der Waals surface area (Å²) in [6.45, 7) is 3.13. The molecule has 0 aliphatic carbocycles. The molecule has 3 aromatic rings. The summed E-state index contributed by atoms with van der Waals surface area (Å²) in [5.41, 5.74) is 2.27. The lowest BCUT2D eigenvalue weighted by Crippen LogP contribution is -2.39. The number of rotatable bonds is 6. The van der Waals surface area contributed by atoms with Gasteiger partial charge in [-0.25, -0.2) is 13.4 Å². The van der Waals surface area contributed by atoms with Crippen molar-refractivity contribution in [1.82, 2.24) is 4.98 Å². The summed E-state index contributed by atoms with van der Waals surface area (Å²) < 4.78 is 65.0. The summed E-state index contributed by atoms with van der Waals surface area (Å²) in [4.78, 5) is 6.52. The Morgan fingerprint density at radius 2 is 1.79 bits per heavy atom. The van der Waals surface area contributed by atoms with Gasteiger partial charge in [-0.05, 0) is 43.0 Å². The number of thiazole rings is 1. The van der Waals surface area contributed by atoms with E-state index in [1.807, 2.05) is 5.38 Å². The number of anilines is 1. The first-order valence-corrected chi connectivity index (χ1v) is 13.3. The zero-order chi connectivity index (χ0) is 23.6. The van der Waals surface area contributed by atoms with Crippen molar-refractivity contribution in [2.24, 2.45) is 0 Å². The van der Waals surface area contributed by atoms with Gasteiger partial charge in [0.1, 0.15) is 0 Å². The average Bonchev–Trinajstić information content (AvgIpc) is 3.30. The van der Waals surface area contributed by atoms with Crippen LogP contribution in [-0.2, 0) is 22.4 Å². The van der Waals surface area contributed by atoms with Crippen LogP contribution in [0.4, 0.5) is 18.3 Å². The monoisotopic (exact) mass is 494 g/mol. The molecule has 4 nitrogen and oxygen atoms in total. The van der Waals surface area contributed by atoms with Crippen LogP contribution in [0, 0.1) is 0 Å². The van der Waals surface area contributed by atoms with Gasteiger partial charge in [0.05, 0.1) is 21.4 Å². The van der Waals surface area contributed by atoms with Gasteiger partial charge in [0.2, 0.25) is 0 Å². The predicted octanol–water partition coefficient (Wildman–Crippen LogP) is 6.22. The number of halogens is 3. The first-order chi connectivity index (χ1) is 15.7. The second kappa shape index (κ2) is 9.46. The highest BCUT2D eigenvalue weighted by atomic mass is 32.2. The van der Waals surface area contributed by atoms with Crippen LogP contribution in [0.25, 0.3) is 11.3 Å². The number of hydrogen-bond acceptors (Lipinski definition) is 5. The lowest BCUT2D eigenvalue weighted by Gasteiger charge is -2.31. The Kier molecular flexibility index (Phi) is 6.81. The van der Waals surface area contributed by atoms with Gasteiger partial charge in [-0.1, -0.05) is 43.7 Å². The Morgan fingerprint density at radius 3 is 2.42 bits per heavy atom. The van der Waals surface area contributed by atoms with E-state index in [-0.39, 0.29) is 4.90 Å². The van der Waals surface area contributed by atoms with Gasteiger partial charge < -0.3 is 4.90 Å². The molecule has 33 heavy (non-hydrogen) atoms. The zero-order valence-corrected chi connectivity index (χ0v) is 19.8. The Labute approximate surface area is 196 Å². The standard InChI is InChI=1S/C24H25F3N2O2S2/c1-2-4-17-7-9-18(10-8-17)22-16-32-23(28-22)29-13-11-20(12-14-29)33(30,31)21-6-3-5-19(15-21)24(25,26)27/h3,5-10,15-16,20H,2,4,11-14H2,1H3. The summed E-state index contributed by atoms with van der Waals surface area (Å²) in [7, 11) is -3.84. The van der Waals surface area contributed by atoms with E-state index in [0.29, 0.717) is 25.9 Å². The predicted molar refractivity (Wildman–Crippen MR) is 125 cm³/mol. The van der Waals surface area contributed by atoms with Gasteiger partial charge in [-0.3, -0.25) is 0 Å². The summed E-state index contributed by atoms with van der Waals surface area (Å²) >= 11 is 1.52. The Morgan fingerprint density at radius 1 is 1.09 bits per heavy atom. The van der Waals surface area contributed by atoms with E-state index < -0.39 is 26.8 Å². The largest absolute Gasteiger partial charge is 0.416 e. The average molecular weight is 495 g/mol. The van der Waals surface area contributed by atoms with Crippen LogP contribution in [0.1, 0.15) is 37.3 Å². The third kappa shape index (κ3) is 5.24. The molecular weight excluding hydrogens is 469 g/mol. The van der Waals surface area contributed by atoms with Gasteiger partial charge in [-0.2, -0.15) is 13.2 Å². The topological polar surface area (TPSA) is 50.3 Å². The van der Waals surface area contributed by atoms with E-state index >= 15 is 0 Å². The molecular formula is C24H25F3N2O2S2. The molecule has 0 radical (unpaired) electrons. The lowest BCUT2D eigenvalue weighted by atomic mass is 10.1. The fourth-order valence-electron chi connectivity index (χ4n) is 4.07. The van der Waals surface area contributed by atoms with Crippen molar-refractivity contribution in [3.8, 4) is 11.3 Å². The van der Waals surface area contributed by atoms with Gasteiger partial charge in [0.15, 0.2) is 15.0 Å². The maximum absolute atomic E-state index is 13.0. The first kappa shape index (κ1) is 23.8. The van der Waals surface area contributed by atoms with E-state index in [9.17, 15) is 21.6 Å². The number of piperidine rings is 1. The summed E-state index contributed by atoms with van der Waals surface area (Å²) in [6.07, 6.45) is -1.74. The van der Waals surface area contributed by atoms with E-state index in [2.05, 4.69) is 36.1 Å². The molecule has 1 saturated heterocycles. The number of aromatic nitrogens is 1. The van der Waals surface area contributed by atoms with Crippen LogP contribution < -0.4 is 4.90 Å². The Balaban J connectivity index is 1.43. The number of aryl methyl sites for hydroxylation is 1. The molecule has 0 unspecified atom stereocenters. The molecule has 0 bridgehead atoms. The molecule has 1 aliphatic rings. The summed E-state index contributed by atoms with van der Waals surface area (Å²) in [5, 5.41) is 2.12. The van der Waals surface area contributed by atoms with Gasteiger partial charge in [-0.15, -0.1) is 11.3 Å². The summed E-state index contributed by atoms with van der Waals surface area (Å²) in [6, 6.07) is 12.4. The minimum absolute atomic E-state index is 0.265. The van der Waals surface area contributed by atoms with Crippen molar-refractivity contribution >= 4 is 26.3 Å². The highest BCUT2D eigenvalue weighted by Gasteiger charge is 2.35. The third-order valence-electron chi connectivity index (χ3n) is 5.92. The maximum atomic E-state index is 13.0. The molecule has 0 spiro atoms. The number of alkyl halides is 3. The van der Waals surface area contributed by atoms with Crippen LogP contribution in [0.2, 0.25) is 0 Å². The smallest absolute Gasteiger partial charge is 0.348 e. The van der Waals surface area contributed by atoms with E-state index in [4.69, 9.17) is 4.98 Å². The van der Waals surface area contributed by atoms with Crippen LogP contribution in [0.5, 0.6) is 0 Å². The SMILES string of the molecule is CCCc1ccc(-c2csc(N3CCC(S(=O)(=O)c4cccc(C(F)(F)F)c4)CC3)n2)cc1. The highest BCUT2D eigenvalue weighted by Crippen LogP contribution is 2.34. The van der Waals surface area contributed by atoms with Crippen molar-refractivity contribution in [2.75, 3.05) is 18.0 Å². The molecule has 1 aliphatic heterocycles. The summed E-state index contributed by atoms with van der Waals surface area (Å²) in [5.74, 6) is 0. The fraction of sp³-hybridized carbons (Fsp3) is 0.375. The molecule has 4 rings (SSSR count). The minimum atomic E-state index is -4.58. The third-order valence-corrected chi connectivity index (χ3v) is 9.08. The van der Waals surface area contributed by atoms with Crippen molar-refractivity contribution in [3.05, 3.63) is 65.0 Å². The minimum Gasteiger partial charge on any atom is -0.348 e. The second-order valence-electron chi connectivity index (χ2n) is 8.22. The molecule has 1 fully saturated rings. The number of benzene rings is 2. The Hall–Kier alpha value is -2.39. The molecule has 0 saturated carbocycles. The maximum Gasteiger partial charge on any atom is 0.416 e. The zero-order valence-electron chi connectivity index (χ0n) is 18.2. The molecule has 0 amide bonds. The lowest BCUT2D eigenvalue weighted by molar-refractivity contribution is -0.137. The van der Waals surface area contributed by atoms with E-state index in [1.54, 1.807) is 0 Å². The molecule has 2 heterocycles. The Bertz CT molecular complexity index is 1200. The van der Waals surface area contributed by atoms with Crippen molar-refractivity contribution in [2.45, 2.75) is 48.9 Å². The molecule has 1 aromatic heterocycles. The molecule has 0 N–H and O–H groups in total. The van der Waals surface area contributed by atoms with Gasteiger partial charge >= 0.3 is 6.18 Å². The van der Waals surface area contributed by atoms with Crippen molar-refractivity contribution < 1.29 is 21.6 Å². The fourth-order valence-corrected chi connectivity index (χ4v) is 6.74. The van der Waals surface area contributed by atoms with Crippen LogP contribution in [-0.4, -0.2) is 31.7 Å². The second-order valence-corrected chi connectivity index (χ2v) is 11.3. The normalized spacial score (nSPS) is 15.7. The van der Waals surface area contributed by atoms with Crippen molar-refractivity contribution in [3.63, 3.8) is 0 Å². The molecule has 0 atom stereocenters. The number of nitrogens with zero attached hydrogens (tertiary/aromatic N) is 2. The molecule has 2 aromatic carbocycles. The number of hydrogen-bond donors (Lipinski definition) is 0. The number of sulfone groups is 1. The van der Waals surface area contributed by atoms with E-state index in [0.717, 1.165) is 47.4 Å². The quantitative estimate of drug-likeness (QED) is 0.408. The van der Waals surface area contributed by atoms with Gasteiger partial charge in [0.25, 0.3) is 0 Å². The van der Waals surface area contributed by atoms with Crippen LogP contribution >= 0.6 is 11.3 Å². The molecule has 9 heteroatoms.